The molecule has 0 unspecified atom stereocenters. The van der Waals surface area contributed by atoms with Crippen LogP contribution in [0.2, 0.25) is 0 Å². The van der Waals surface area contributed by atoms with Gasteiger partial charge >= 0.3 is 0 Å². The first-order valence-corrected chi connectivity index (χ1v) is 5.49. The van der Waals surface area contributed by atoms with Crippen molar-refractivity contribution in [2.45, 2.75) is 13.5 Å². The van der Waals surface area contributed by atoms with Crippen molar-refractivity contribution in [3.05, 3.63) is 28.2 Å². The largest absolute Gasteiger partial charge is 0.492 e. The molecule has 0 aliphatic heterocycles. The lowest BCUT2D eigenvalue weighted by atomic mass is 10.2. The van der Waals surface area contributed by atoms with E-state index in [0.717, 1.165) is 16.8 Å². The summed E-state index contributed by atoms with van der Waals surface area (Å²) in [6.45, 7) is 3.59. The Morgan fingerprint density at radius 3 is 2.64 bits per heavy atom. The van der Waals surface area contributed by atoms with E-state index in [2.05, 4.69) is 41.0 Å². The van der Waals surface area contributed by atoms with Crippen molar-refractivity contribution in [3.63, 3.8) is 0 Å². The van der Waals surface area contributed by atoms with Gasteiger partial charge in [-0.05, 0) is 43.0 Å². The Morgan fingerprint density at radius 1 is 1.36 bits per heavy atom. The molecule has 0 saturated heterocycles. The predicted molar refractivity (Wildman–Crippen MR) is 62.7 cm³/mol. The van der Waals surface area contributed by atoms with Gasteiger partial charge < -0.3 is 9.64 Å². The highest BCUT2D eigenvalue weighted by atomic mass is 79.9. The van der Waals surface area contributed by atoms with Gasteiger partial charge in [-0.25, -0.2) is 0 Å². The Bertz CT molecular complexity index is 299. The zero-order chi connectivity index (χ0) is 10.6. The van der Waals surface area contributed by atoms with E-state index in [9.17, 15) is 0 Å². The maximum absolute atomic E-state index is 5.60. The zero-order valence-electron chi connectivity index (χ0n) is 8.88. The second kappa shape index (κ2) is 5.37. The van der Waals surface area contributed by atoms with E-state index >= 15 is 0 Å². The first-order chi connectivity index (χ1) is 6.65. The minimum Gasteiger partial charge on any atom is -0.492 e. The Kier molecular flexibility index (Phi) is 4.42. The van der Waals surface area contributed by atoms with Crippen LogP contribution in [0.5, 0.6) is 5.75 Å². The molecule has 0 bridgehead atoms. The van der Waals surface area contributed by atoms with E-state index < -0.39 is 0 Å². The van der Waals surface area contributed by atoms with E-state index in [-0.39, 0.29) is 0 Å². The summed E-state index contributed by atoms with van der Waals surface area (Å²) in [5.41, 5.74) is 1.21. The van der Waals surface area contributed by atoms with Gasteiger partial charge in [-0.3, -0.25) is 0 Å². The Labute approximate surface area is 94.0 Å². The lowest BCUT2D eigenvalue weighted by Crippen LogP contribution is -2.12. The highest BCUT2D eigenvalue weighted by molar-refractivity contribution is 9.10. The third-order valence-electron chi connectivity index (χ3n) is 1.82. The van der Waals surface area contributed by atoms with Crippen molar-refractivity contribution in [3.8, 4) is 5.75 Å². The van der Waals surface area contributed by atoms with Gasteiger partial charge in [0.15, 0.2) is 0 Å². The molecule has 0 spiro atoms. The molecule has 1 aromatic rings. The van der Waals surface area contributed by atoms with Crippen LogP contribution in [0, 0.1) is 0 Å². The number of benzene rings is 1. The lowest BCUT2D eigenvalue weighted by Gasteiger charge is -2.15. The monoisotopic (exact) mass is 257 g/mol. The number of rotatable bonds is 4. The number of ether oxygens (including phenoxy) is 1. The van der Waals surface area contributed by atoms with Crippen molar-refractivity contribution in [2.24, 2.45) is 0 Å². The van der Waals surface area contributed by atoms with Crippen LogP contribution in [-0.2, 0) is 6.54 Å². The molecule has 0 fully saturated rings. The number of halogens is 1. The Morgan fingerprint density at radius 2 is 2.07 bits per heavy atom. The van der Waals surface area contributed by atoms with Gasteiger partial charge in [-0.1, -0.05) is 12.1 Å². The average Bonchev–Trinajstić information content (AvgIpc) is 2.10. The molecule has 0 saturated carbocycles. The first kappa shape index (κ1) is 11.5. The van der Waals surface area contributed by atoms with Crippen LogP contribution in [0.1, 0.15) is 12.5 Å². The fourth-order valence-corrected chi connectivity index (χ4v) is 1.85. The summed E-state index contributed by atoms with van der Waals surface area (Å²) >= 11 is 3.49. The lowest BCUT2D eigenvalue weighted by molar-refractivity contribution is 0.323. The number of para-hydroxylation sites is 1. The molecule has 1 rings (SSSR count). The first-order valence-electron chi connectivity index (χ1n) is 4.70. The fourth-order valence-electron chi connectivity index (χ4n) is 1.32. The van der Waals surface area contributed by atoms with Gasteiger partial charge in [-0.2, -0.15) is 0 Å². The topological polar surface area (TPSA) is 12.5 Å². The molecule has 0 aromatic heterocycles. The van der Waals surface area contributed by atoms with Gasteiger partial charge in [0.1, 0.15) is 5.75 Å². The average molecular weight is 258 g/mol. The van der Waals surface area contributed by atoms with E-state index in [4.69, 9.17) is 4.74 Å². The second-order valence-corrected chi connectivity index (χ2v) is 4.25. The molecule has 0 N–H and O–H groups in total. The Hall–Kier alpha value is -0.540. The highest BCUT2D eigenvalue weighted by Crippen LogP contribution is 2.29. The van der Waals surface area contributed by atoms with Gasteiger partial charge in [0.2, 0.25) is 0 Å². The SMILES string of the molecule is CCOc1c(Br)cccc1CN(C)C. The van der Waals surface area contributed by atoms with Gasteiger partial charge in [0, 0.05) is 12.1 Å². The minimum atomic E-state index is 0.697. The molecule has 0 heterocycles. The molecule has 2 nitrogen and oxygen atoms in total. The van der Waals surface area contributed by atoms with E-state index in [1.165, 1.54) is 5.56 Å². The van der Waals surface area contributed by atoms with Crippen molar-refractivity contribution >= 4 is 15.9 Å². The molecule has 1 aromatic carbocycles. The molecule has 78 valence electrons. The quantitative estimate of drug-likeness (QED) is 0.823. The summed E-state index contributed by atoms with van der Waals surface area (Å²) in [6, 6.07) is 6.13. The summed E-state index contributed by atoms with van der Waals surface area (Å²) < 4.78 is 6.62. The van der Waals surface area contributed by atoms with Crippen LogP contribution < -0.4 is 4.74 Å². The highest BCUT2D eigenvalue weighted by Gasteiger charge is 2.07. The van der Waals surface area contributed by atoms with Crippen LogP contribution in [-0.4, -0.2) is 25.6 Å². The zero-order valence-corrected chi connectivity index (χ0v) is 10.5. The number of nitrogens with zero attached hydrogens (tertiary/aromatic N) is 1. The van der Waals surface area contributed by atoms with Crippen molar-refractivity contribution < 1.29 is 4.74 Å². The molecule has 3 heteroatoms. The number of hydrogen-bond donors (Lipinski definition) is 0. The van der Waals surface area contributed by atoms with E-state index in [0.29, 0.717) is 6.61 Å². The molecule has 14 heavy (non-hydrogen) atoms. The van der Waals surface area contributed by atoms with Gasteiger partial charge in [0.05, 0.1) is 11.1 Å². The smallest absolute Gasteiger partial charge is 0.137 e. The molecule has 0 amide bonds. The van der Waals surface area contributed by atoms with Crippen LogP contribution in [0.25, 0.3) is 0 Å². The van der Waals surface area contributed by atoms with Crippen molar-refractivity contribution in [1.82, 2.24) is 4.90 Å². The summed E-state index contributed by atoms with van der Waals surface area (Å²) in [7, 11) is 4.10. The summed E-state index contributed by atoms with van der Waals surface area (Å²) in [5.74, 6) is 0.962. The molecular formula is C11H16BrNO. The normalized spacial score (nSPS) is 10.6. The van der Waals surface area contributed by atoms with Crippen LogP contribution in [0.4, 0.5) is 0 Å². The third kappa shape index (κ3) is 3.00. The second-order valence-electron chi connectivity index (χ2n) is 3.40. The van der Waals surface area contributed by atoms with Crippen LogP contribution >= 0.6 is 15.9 Å². The molecule has 0 aliphatic carbocycles. The maximum atomic E-state index is 5.60. The van der Waals surface area contributed by atoms with Gasteiger partial charge in [0.25, 0.3) is 0 Å². The standard InChI is InChI=1S/C11H16BrNO/c1-4-14-11-9(8-13(2)3)6-5-7-10(11)12/h5-7H,4,8H2,1-3H3. The molecular weight excluding hydrogens is 242 g/mol. The van der Waals surface area contributed by atoms with E-state index in [1.807, 2.05) is 19.1 Å². The van der Waals surface area contributed by atoms with Crippen LogP contribution in [0.15, 0.2) is 22.7 Å². The third-order valence-corrected chi connectivity index (χ3v) is 2.45. The van der Waals surface area contributed by atoms with Crippen molar-refractivity contribution in [2.75, 3.05) is 20.7 Å². The fraction of sp³-hybridized carbons (Fsp3) is 0.455. The summed E-state index contributed by atoms with van der Waals surface area (Å²) in [6.07, 6.45) is 0. The maximum Gasteiger partial charge on any atom is 0.137 e. The van der Waals surface area contributed by atoms with E-state index in [1.54, 1.807) is 0 Å². The summed E-state index contributed by atoms with van der Waals surface area (Å²) in [4.78, 5) is 2.13. The predicted octanol–water partition coefficient (Wildman–Crippen LogP) is 2.91. The molecule has 0 atom stereocenters. The number of hydrogen-bond acceptors (Lipinski definition) is 2. The Balaban J connectivity index is 2.95. The minimum absolute atomic E-state index is 0.697. The molecule has 0 aliphatic rings. The van der Waals surface area contributed by atoms with Crippen molar-refractivity contribution in [1.29, 1.82) is 0 Å². The molecule has 0 radical (unpaired) electrons. The van der Waals surface area contributed by atoms with Crippen LogP contribution in [0.3, 0.4) is 0 Å². The summed E-state index contributed by atoms with van der Waals surface area (Å²) in [5, 5.41) is 0. The van der Waals surface area contributed by atoms with Gasteiger partial charge in [-0.15, -0.1) is 0 Å².